The molecule has 1 N–H and O–H groups in total. The van der Waals surface area contributed by atoms with Crippen molar-refractivity contribution in [1.82, 2.24) is 5.32 Å². The lowest BCUT2D eigenvalue weighted by Gasteiger charge is -2.40. The second-order valence-electron chi connectivity index (χ2n) is 7.97. The standard InChI is InChI=1S/C16H33NO2/c1-14(2,3)17-12-16(8-7-10-18-13-16)9-11-19-15(4,5)6/h17H,7-13H2,1-6H3. The third-order valence-electron chi connectivity index (χ3n) is 3.57. The van der Waals surface area contributed by atoms with Gasteiger partial charge in [-0.2, -0.15) is 0 Å². The molecule has 19 heavy (non-hydrogen) atoms. The van der Waals surface area contributed by atoms with Gasteiger partial charge < -0.3 is 14.8 Å². The molecule has 1 unspecified atom stereocenters. The Morgan fingerprint density at radius 3 is 2.32 bits per heavy atom. The monoisotopic (exact) mass is 271 g/mol. The minimum absolute atomic E-state index is 0.0475. The normalized spacial score (nSPS) is 25.6. The Balaban J connectivity index is 2.50. The van der Waals surface area contributed by atoms with Gasteiger partial charge in [0.05, 0.1) is 12.2 Å². The predicted octanol–water partition coefficient (Wildman–Crippen LogP) is 3.38. The predicted molar refractivity (Wildman–Crippen MR) is 80.6 cm³/mol. The summed E-state index contributed by atoms with van der Waals surface area (Å²) < 4.78 is 11.6. The summed E-state index contributed by atoms with van der Waals surface area (Å²) in [6, 6.07) is 0. The Morgan fingerprint density at radius 2 is 1.84 bits per heavy atom. The largest absolute Gasteiger partial charge is 0.381 e. The van der Waals surface area contributed by atoms with Gasteiger partial charge in [-0.15, -0.1) is 0 Å². The first-order valence-corrected chi connectivity index (χ1v) is 7.59. The summed E-state index contributed by atoms with van der Waals surface area (Å²) >= 11 is 0. The molecule has 0 radical (unpaired) electrons. The number of hydrogen-bond acceptors (Lipinski definition) is 3. The summed E-state index contributed by atoms with van der Waals surface area (Å²) in [6.45, 7) is 16.6. The molecule has 1 rings (SSSR count). The van der Waals surface area contributed by atoms with Gasteiger partial charge >= 0.3 is 0 Å². The highest BCUT2D eigenvalue weighted by Crippen LogP contribution is 2.32. The van der Waals surface area contributed by atoms with Crippen LogP contribution in [-0.2, 0) is 9.47 Å². The average molecular weight is 271 g/mol. The van der Waals surface area contributed by atoms with Crippen molar-refractivity contribution < 1.29 is 9.47 Å². The Labute approximate surface area is 119 Å². The van der Waals surface area contributed by atoms with Crippen LogP contribution in [0.2, 0.25) is 0 Å². The van der Waals surface area contributed by atoms with Crippen LogP contribution in [-0.4, -0.2) is 37.5 Å². The molecule has 0 aromatic carbocycles. The van der Waals surface area contributed by atoms with Crippen molar-refractivity contribution in [3.63, 3.8) is 0 Å². The van der Waals surface area contributed by atoms with Crippen LogP contribution in [0.15, 0.2) is 0 Å². The molecule has 0 saturated carbocycles. The van der Waals surface area contributed by atoms with Crippen LogP contribution in [0.25, 0.3) is 0 Å². The van der Waals surface area contributed by atoms with E-state index in [1.54, 1.807) is 0 Å². The molecule has 0 spiro atoms. The van der Waals surface area contributed by atoms with Gasteiger partial charge in [-0.05, 0) is 60.8 Å². The zero-order chi connectivity index (χ0) is 14.6. The minimum Gasteiger partial charge on any atom is -0.381 e. The maximum atomic E-state index is 5.91. The molecular weight excluding hydrogens is 238 g/mol. The number of rotatable bonds is 5. The highest BCUT2D eigenvalue weighted by molar-refractivity contribution is 4.87. The van der Waals surface area contributed by atoms with Crippen LogP contribution in [0.5, 0.6) is 0 Å². The van der Waals surface area contributed by atoms with Gasteiger partial charge in [0.25, 0.3) is 0 Å². The Hall–Kier alpha value is -0.120. The van der Waals surface area contributed by atoms with E-state index < -0.39 is 0 Å². The Morgan fingerprint density at radius 1 is 1.16 bits per heavy atom. The van der Waals surface area contributed by atoms with Crippen LogP contribution in [0.3, 0.4) is 0 Å². The highest BCUT2D eigenvalue weighted by atomic mass is 16.5. The molecule has 1 saturated heterocycles. The van der Waals surface area contributed by atoms with Gasteiger partial charge in [0.2, 0.25) is 0 Å². The summed E-state index contributed by atoms with van der Waals surface area (Å²) in [5.74, 6) is 0. The molecule has 1 aliphatic heterocycles. The molecule has 0 amide bonds. The van der Waals surface area contributed by atoms with Gasteiger partial charge in [0.1, 0.15) is 0 Å². The highest BCUT2D eigenvalue weighted by Gasteiger charge is 2.34. The van der Waals surface area contributed by atoms with Crippen LogP contribution in [0, 0.1) is 5.41 Å². The second-order valence-corrected chi connectivity index (χ2v) is 7.97. The average Bonchev–Trinajstić information content (AvgIpc) is 2.25. The summed E-state index contributed by atoms with van der Waals surface area (Å²) in [6.07, 6.45) is 3.48. The summed E-state index contributed by atoms with van der Waals surface area (Å²) in [5, 5.41) is 3.64. The van der Waals surface area contributed by atoms with E-state index in [1.165, 1.54) is 12.8 Å². The lowest BCUT2D eigenvalue weighted by molar-refractivity contribution is -0.0567. The summed E-state index contributed by atoms with van der Waals surface area (Å²) in [5.41, 5.74) is 0.361. The lowest BCUT2D eigenvalue weighted by Crippen LogP contribution is -2.48. The molecule has 114 valence electrons. The maximum Gasteiger partial charge on any atom is 0.0598 e. The molecule has 3 nitrogen and oxygen atoms in total. The number of hydrogen-bond donors (Lipinski definition) is 1. The van der Waals surface area contributed by atoms with E-state index in [9.17, 15) is 0 Å². The fourth-order valence-corrected chi connectivity index (χ4v) is 2.36. The fraction of sp³-hybridized carbons (Fsp3) is 1.00. The van der Waals surface area contributed by atoms with Crippen molar-refractivity contribution in [3.05, 3.63) is 0 Å². The van der Waals surface area contributed by atoms with E-state index in [2.05, 4.69) is 46.9 Å². The van der Waals surface area contributed by atoms with Crippen molar-refractivity contribution in [2.45, 2.75) is 71.9 Å². The SMILES string of the molecule is CC(C)(C)NCC1(CCOC(C)(C)C)CCCOC1. The topological polar surface area (TPSA) is 30.5 Å². The van der Waals surface area contributed by atoms with Crippen molar-refractivity contribution in [3.8, 4) is 0 Å². The number of nitrogens with one attached hydrogen (secondary N) is 1. The van der Waals surface area contributed by atoms with E-state index in [1.807, 2.05) is 0 Å². The van der Waals surface area contributed by atoms with Crippen molar-refractivity contribution >= 4 is 0 Å². The van der Waals surface area contributed by atoms with E-state index >= 15 is 0 Å². The Kier molecular flexibility index (Phi) is 5.84. The molecule has 0 aromatic rings. The van der Waals surface area contributed by atoms with Crippen molar-refractivity contribution in [1.29, 1.82) is 0 Å². The molecule has 3 heteroatoms. The van der Waals surface area contributed by atoms with E-state index in [0.717, 1.165) is 32.8 Å². The molecule has 1 fully saturated rings. The van der Waals surface area contributed by atoms with E-state index in [-0.39, 0.29) is 16.6 Å². The fourth-order valence-electron chi connectivity index (χ4n) is 2.36. The third kappa shape index (κ3) is 7.28. The molecule has 1 atom stereocenters. The van der Waals surface area contributed by atoms with Crippen LogP contribution in [0.1, 0.15) is 60.8 Å². The van der Waals surface area contributed by atoms with Crippen molar-refractivity contribution in [2.75, 3.05) is 26.4 Å². The first kappa shape index (κ1) is 16.9. The van der Waals surface area contributed by atoms with Crippen LogP contribution in [0.4, 0.5) is 0 Å². The third-order valence-corrected chi connectivity index (χ3v) is 3.57. The van der Waals surface area contributed by atoms with Crippen molar-refractivity contribution in [2.24, 2.45) is 5.41 Å². The molecule has 0 aliphatic carbocycles. The van der Waals surface area contributed by atoms with Gasteiger partial charge in [-0.3, -0.25) is 0 Å². The first-order chi connectivity index (χ1) is 8.62. The molecule has 1 aliphatic rings. The summed E-state index contributed by atoms with van der Waals surface area (Å²) in [7, 11) is 0. The van der Waals surface area contributed by atoms with Gasteiger partial charge in [-0.25, -0.2) is 0 Å². The minimum atomic E-state index is -0.0475. The van der Waals surface area contributed by atoms with Gasteiger partial charge in [-0.1, -0.05) is 0 Å². The quantitative estimate of drug-likeness (QED) is 0.831. The molecule has 0 aromatic heterocycles. The van der Waals surface area contributed by atoms with Gasteiger partial charge in [0, 0.05) is 30.7 Å². The van der Waals surface area contributed by atoms with Crippen LogP contribution < -0.4 is 5.32 Å². The Bertz CT molecular complexity index is 257. The zero-order valence-corrected chi connectivity index (χ0v) is 13.8. The van der Waals surface area contributed by atoms with E-state index in [4.69, 9.17) is 9.47 Å². The molecule has 1 heterocycles. The van der Waals surface area contributed by atoms with Crippen LogP contribution >= 0.6 is 0 Å². The number of ether oxygens (including phenoxy) is 2. The second kappa shape index (κ2) is 6.55. The zero-order valence-electron chi connectivity index (χ0n) is 13.8. The first-order valence-electron chi connectivity index (χ1n) is 7.59. The lowest BCUT2D eigenvalue weighted by atomic mass is 9.79. The maximum absolute atomic E-state index is 5.91. The molecule has 0 bridgehead atoms. The van der Waals surface area contributed by atoms with E-state index in [0.29, 0.717) is 0 Å². The summed E-state index contributed by atoms with van der Waals surface area (Å²) in [4.78, 5) is 0. The smallest absolute Gasteiger partial charge is 0.0598 e. The van der Waals surface area contributed by atoms with Gasteiger partial charge in [0.15, 0.2) is 0 Å². The molecular formula is C16H33NO2.